The Bertz CT molecular complexity index is 1830. The van der Waals surface area contributed by atoms with E-state index in [1.807, 2.05) is 29.2 Å². The second-order valence-corrected chi connectivity index (χ2v) is 15.1. The van der Waals surface area contributed by atoms with E-state index >= 15 is 0 Å². The van der Waals surface area contributed by atoms with Crippen molar-refractivity contribution in [1.82, 2.24) is 49.4 Å². The van der Waals surface area contributed by atoms with Crippen molar-refractivity contribution in [2.24, 2.45) is 0 Å². The molecule has 0 spiro atoms. The molecule has 0 bridgehead atoms. The largest absolute Gasteiger partial charge is 0.379 e. The standard InChI is InChI=1S/C20H26ClN5O2.C12H15NO2.C8H11ClN4O/c21-19-13-22-26(16-19)20(27)25-7-5-23(6-8-25)14-17-1-3-18(4-2-17)15-24-9-11-28-12-10-24;14-10-12-3-1-11(2-4-12)9-13-5-7-15-8-6-13;9-7-5-11-13(6-7)8(14)12-3-1-10-2-4-12/h1-4,13,16H,5-12,14-15H2;1-4,10H,5-9H2;5-6,10H,1-4H2. The SMILES string of the molecule is O=C(N1CCN(Cc2ccc(CN3CCOCC3)cc2)CC1)n1cc(Cl)cn1.O=C(N1CCNCC1)n1cc(Cl)cn1.O=Cc1ccc(CN2CCOCC2)cc1. The predicted octanol–water partition coefficient (Wildman–Crippen LogP) is 3.90. The minimum Gasteiger partial charge on any atom is -0.379 e. The first-order chi connectivity index (χ1) is 27.8. The number of hydrogen-bond acceptors (Lipinski definition) is 11. The molecule has 6 heterocycles. The van der Waals surface area contributed by atoms with Gasteiger partial charge in [0.25, 0.3) is 0 Å². The van der Waals surface area contributed by atoms with Crippen LogP contribution >= 0.6 is 23.2 Å². The summed E-state index contributed by atoms with van der Waals surface area (Å²) in [5, 5.41) is 12.0. The fourth-order valence-electron chi connectivity index (χ4n) is 6.80. The third-order valence-corrected chi connectivity index (χ3v) is 10.5. The number of carbonyl (C=O) groups excluding carboxylic acids is 3. The van der Waals surface area contributed by atoms with E-state index in [1.165, 1.54) is 44.6 Å². The van der Waals surface area contributed by atoms with Crippen LogP contribution in [0, 0.1) is 0 Å². The summed E-state index contributed by atoms with van der Waals surface area (Å²) < 4.78 is 13.3. The Morgan fingerprint density at radius 3 is 1.35 bits per heavy atom. The van der Waals surface area contributed by atoms with Crippen LogP contribution in [0.4, 0.5) is 9.59 Å². The van der Waals surface area contributed by atoms with E-state index in [-0.39, 0.29) is 12.1 Å². The van der Waals surface area contributed by atoms with Crippen LogP contribution in [0.1, 0.15) is 27.0 Å². The number of nitrogens with zero attached hydrogens (tertiary/aromatic N) is 9. The maximum atomic E-state index is 12.4. The topological polar surface area (TPSA) is 134 Å². The Morgan fingerprint density at radius 1 is 0.579 bits per heavy atom. The van der Waals surface area contributed by atoms with Gasteiger partial charge in [-0.1, -0.05) is 71.7 Å². The van der Waals surface area contributed by atoms with Gasteiger partial charge in [-0.25, -0.2) is 9.59 Å². The Labute approximate surface area is 344 Å². The lowest BCUT2D eigenvalue weighted by Crippen LogP contribution is -2.49. The second kappa shape index (κ2) is 22.1. The van der Waals surface area contributed by atoms with Gasteiger partial charge in [-0.05, 0) is 16.7 Å². The molecule has 1 N–H and O–H groups in total. The van der Waals surface area contributed by atoms with E-state index in [1.54, 1.807) is 11.1 Å². The average molecular weight is 824 g/mol. The monoisotopic (exact) mass is 822 g/mol. The Hall–Kier alpha value is -4.19. The molecule has 8 rings (SSSR count). The van der Waals surface area contributed by atoms with Gasteiger partial charge in [0.1, 0.15) is 6.29 Å². The second-order valence-electron chi connectivity index (χ2n) is 14.2. The third-order valence-electron chi connectivity index (χ3n) is 10.1. The predicted molar refractivity (Wildman–Crippen MR) is 218 cm³/mol. The summed E-state index contributed by atoms with van der Waals surface area (Å²) >= 11 is 11.5. The van der Waals surface area contributed by atoms with Crippen molar-refractivity contribution in [3.05, 3.63) is 106 Å². The number of aldehydes is 1. The Morgan fingerprint density at radius 2 is 0.965 bits per heavy atom. The van der Waals surface area contributed by atoms with Gasteiger partial charge >= 0.3 is 12.1 Å². The average Bonchev–Trinajstić information content (AvgIpc) is 3.91. The molecule has 4 aromatic rings. The highest BCUT2D eigenvalue weighted by molar-refractivity contribution is 6.30. The van der Waals surface area contributed by atoms with Gasteiger partial charge in [0, 0.05) is 104 Å². The van der Waals surface area contributed by atoms with E-state index in [0.717, 1.165) is 123 Å². The first-order valence-corrected chi connectivity index (χ1v) is 20.2. The molecule has 15 nitrogen and oxygen atoms in total. The van der Waals surface area contributed by atoms with Gasteiger partial charge in [0.2, 0.25) is 0 Å². The fourth-order valence-corrected chi connectivity index (χ4v) is 7.07. The number of aromatic nitrogens is 4. The lowest BCUT2D eigenvalue weighted by atomic mass is 10.1. The smallest absolute Gasteiger partial charge is 0.344 e. The molecular weight excluding hydrogens is 771 g/mol. The maximum Gasteiger partial charge on any atom is 0.344 e. The number of piperazine rings is 2. The van der Waals surface area contributed by atoms with E-state index in [9.17, 15) is 14.4 Å². The van der Waals surface area contributed by atoms with Crippen molar-refractivity contribution < 1.29 is 23.9 Å². The zero-order chi connectivity index (χ0) is 39.8. The molecule has 4 fully saturated rings. The zero-order valence-electron chi connectivity index (χ0n) is 32.3. The van der Waals surface area contributed by atoms with Crippen LogP contribution in [0.3, 0.4) is 0 Å². The molecule has 4 saturated heterocycles. The molecular formula is C40H52Cl2N10O5. The van der Waals surface area contributed by atoms with Gasteiger partial charge in [-0.15, -0.1) is 0 Å². The van der Waals surface area contributed by atoms with Crippen LogP contribution in [0.5, 0.6) is 0 Å². The summed E-state index contributed by atoms with van der Waals surface area (Å²) in [5.41, 5.74) is 4.64. The third kappa shape index (κ3) is 13.4. The number of carbonyl (C=O) groups is 3. The number of halogens is 2. The quantitative estimate of drug-likeness (QED) is 0.273. The fraction of sp³-hybridized carbons (Fsp3) is 0.475. The molecule has 0 saturated carbocycles. The van der Waals surface area contributed by atoms with Crippen LogP contribution in [0.2, 0.25) is 10.0 Å². The number of benzene rings is 2. The minimum absolute atomic E-state index is 0.112. The molecule has 2 aromatic heterocycles. The molecule has 0 radical (unpaired) electrons. The normalized spacial score (nSPS) is 18.2. The van der Waals surface area contributed by atoms with Crippen molar-refractivity contribution in [2.45, 2.75) is 19.6 Å². The van der Waals surface area contributed by atoms with Crippen molar-refractivity contribution in [3.63, 3.8) is 0 Å². The van der Waals surface area contributed by atoms with Crippen molar-refractivity contribution in [3.8, 4) is 0 Å². The summed E-state index contributed by atoms with van der Waals surface area (Å²) in [6.07, 6.45) is 6.89. The van der Waals surface area contributed by atoms with E-state index in [0.29, 0.717) is 23.1 Å². The lowest BCUT2D eigenvalue weighted by molar-refractivity contribution is 0.0341. The van der Waals surface area contributed by atoms with Crippen LogP contribution in [0.15, 0.2) is 73.3 Å². The Balaban J connectivity index is 0.000000159. The number of morpholine rings is 2. The van der Waals surface area contributed by atoms with Gasteiger partial charge < -0.3 is 24.6 Å². The van der Waals surface area contributed by atoms with E-state index in [2.05, 4.69) is 54.5 Å². The summed E-state index contributed by atoms with van der Waals surface area (Å²) in [7, 11) is 0. The van der Waals surface area contributed by atoms with Crippen molar-refractivity contribution in [2.75, 3.05) is 105 Å². The molecule has 4 aliphatic heterocycles. The first-order valence-electron chi connectivity index (χ1n) is 19.5. The number of rotatable bonds is 7. The molecule has 17 heteroatoms. The highest BCUT2D eigenvalue weighted by atomic mass is 35.5. The molecule has 0 unspecified atom stereocenters. The van der Waals surface area contributed by atoms with Crippen molar-refractivity contribution >= 4 is 41.6 Å². The summed E-state index contributed by atoms with van der Waals surface area (Å²) in [5.74, 6) is 0. The van der Waals surface area contributed by atoms with E-state index < -0.39 is 0 Å². The van der Waals surface area contributed by atoms with Crippen LogP contribution in [0.25, 0.3) is 0 Å². The Kier molecular flexibility index (Phi) is 16.4. The zero-order valence-corrected chi connectivity index (χ0v) is 33.8. The lowest BCUT2D eigenvalue weighted by Gasteiger charge is -2.34. The maximum absolute atomic E-state index is 12.4. The van der Waals surface area contributed by atoms with E-state index in [4.69, 9.17) is 32.7 Å². The molecule has 2 aromatic carbocycles. The van der Waals surface area contributed by atoms with Crippen molar-refractivity contribution in [1.29, 1.82) is 0 Å². The number of hydrogen-bond donors (Lipinski definition) is 1. The summed E-state index contributed by atoms with van der Waals surface area (Å²) in [6, 6.07) is 16.4. The van der Waals surface area contributed by atoms with Crippen LogP contribution in [-0.2, 0) is 29.1 Å². The molecule has 0 atom stereocenters. The molecule has 306 valence electrons. The van der Waals surface area contributed by atoms with Gasteiger partial charge in [0.05, 0.1) is 61.3 Å². The van der Waals surface area contributed by atoms with Crippen LogP contribution < -0.4 is 5.32 Å². The molecule has 2 amide bonds. The van der Waals surface area contributed by atoms with Gasteiger partial charge in [0.15, 0.2) is 0 Å². The van der Waals surface area contributed by atoms with Gasteiger partial charge in [-0.2, -0.15) is 19.6 Å². The summed E-state index contributed by atoms with van der Waals surface area (Å²) in [6.45, 7) is 16.4. The molecule has 4 aliphatic rings. The minimum atomic E-state index is -0.113. The number of ether oxygens (including phenoxy) is 2. The number of nitrogens with one attached hydrogen (secondary N) is 1. The van der Waals surface area contributed by atoms with Gasteiger partial charge in [-0.3, -0.25) is 19.5 Å². The highest BCUT2D eigenvalue weighted by Gasteiger charge is 2.23. The molecule has 0 aliphatic carbocycles. The first kappa shape index (κ1) is 42.4. The van der Waals surface area contributed by atoms with Crippen LogP contribution in [-0.4, -0.2) is 167 Å². The highest BCUT2D eigenvalue weighted by Crippen LogP contribution is 2.14. The number of amides is 2. The summed E-state index contributed by atoms with van der Waals surface area (Å²) in [4.78, 5) is 45.4. The molecule has 57 heavy (non-hydrogen) atoms.